The average molecular weight is 489 g/mol. The maximum atomic E-state index is 13.3. The van der Waals surface area contributed by atoms with Crippen LogP contribution in [0.25, 0.3) is 0 Å². The van der Waals surface area contributed by atoms with Crippen molar-refractivity contribution in [1.29, 1.82) is 5.26 Å². The van der Waals surface area contributed by atoms with E-state index in [1.54, 1.807) is 6.07 Å². The molecule has 0 unspecified atom stereocenters. The summed E-state index contributed by atoms with van der Waals surface area (Å²) in [7, 11) is -4.30. The van der Waals surface area contributed by atoms with Crippen LogP contribution in [0, 0.1) is 16.7 Å². The standard InChI is InChI=1S/C23H21ClN2O6S/c24-18-7-20(32-16-8-23(9-16)11-31-12-23)19(5-15(18)10-25)26-33(29,30)21-6-14(13-1-2-13)3-4-17(21)22(27)28/h3-7,13,16,26H,1-2,8-9,11-12H2,(H,27,28). The van der Waals surface area contributed by atoms with Gasteiger partial charge in [0, 0.05) is 11.5 Å². The first-order chi connectivity index (χ1) is 15.7. The number of benzene rings is 2. The van der Waals surface area contributed by atoms with Crippen molar-refractivity contribution in [2.75, 3.05) is 17.9 Å². The van der Waals surface area contributed by atoms with Crippen LogP contribution >= 0.6 is 11.6 Å². The van der Waals surface area contributed by atoms with E-state index in [0.717, 1.165) is 31.2 Å². The van der Waals surface area contributed by atoms with Gasteiger partial charge in [-0.2, -0.15) is 5.26 Å². The highest BCUT2D eigenvalue weighted by Crippen LogP contribution is 2.49. The van der Waals surface area contributed by atoms with Crippen molar-refractivity contribution in [3.05, 3.63) is 52.0 Å². The van der Waals surface area contributed by atoms with Crippen LogP contribution in [0.4, 0.5) is 5.69 Å². The number of hydrogen-bond acceptors (Lipinski definition) is 6. The molecule has 0 atom stereocenters. The van der Waals surface area contributed by atoms with Gasteiger partial charge in [-0.1, -0.05) is 17.7 Å². The lowest BCUT2D eigenvalue weighted by atomic mass is 9.65. The summed E-state index contributed by atoms with van der Waals surface area (Å²) >= 11 is 6.18. The third-order valence-corrected chi connectivity index (χ3v) is 8.16. The molecule has 33 heavy (non-hydrogen) atoms. The van der Waals surface area contributed by atoms with E-state index in [1.165, 1.54) is 24.3 Å². The monoisotopic (exact) mass is 488 g/mol. The number of carboxylic acid groups (broad SMARTS) is 1. The molecule has 1 saturated heterocycles. The second-order valence-electron chi connectivity index (χ2n) is 9.02. The molecule has 0 bridgehead atoms. The maximum Gasteiger partial charge on any atom is 0.337 e. The minimum atomic E-state index is -4.30. The molecule has 172 valence electrons. The molecule has 0 radical (unpaired) electrons. The molecular formula is C23H21ClN2O6S. The van der Waals surface area contributed by atoms with Gasteiger partial charge in [-0.25, -0.2) is 13.2 Å². The SMILES string of the molecule is N#Cc1cc(NS(=O)(=O)c2cc(C3CC3)ccc2C(=O)O)c(OC2CC3(COC3)C2)cc1Cl. The predicted octanol–water partition coefficient (Wildman–Crippen LogP) is 4.15. The number of anilines is 1. The highest BCUT2D eigenvalue weighted by atomic mass is 35.5. The first-order valence-electron chi connectivity index (χ1n) is 10.6. The van der Waals surface area contributed by atoms with Crippen LogP contribution in [0.3, 0.4) is 0 Å². The first-order valence-corrected chi connectivity index (χ1v) is 12.4. The quantitative estimate of drug-likeness (QED) is 0.599. The van der Waals surface area contributed by atoms with E-state index in [0.29, 0.717) is 13.2 Å². The van der Waals surface area contributed by atoms with Crippen LogP contribution in [0.15, 0.2) is 35.2 Å². The highest BCUT2D eigenvalue weighted by molar-refractivity contribution is 7.92. The molecule has 8 nitrogen and oxygen atoms in total. The van der Waals surface area contributed by atoms with E-state index < -0.39 is 16.0 Å². The normalized spacial score (nSPS) is 19.3. The lowest BCUT2D eigenvalue weighted by molar-refractivity contribution is -0.191. The summed E-state index contributed by atoms with van der Waals surface area (Å²) in [5.41, 5.74) is 0.711. The van der Waals surface area contributed by atoms with Gasteiger partial charge in [-0.3, -0.25) is 4.72 Å². The number of aromatic carboxylic acids is 1. The van der Waals surface area contributed by atoms with Crippen molar-refractivity contribution < 1.29 is 27.8 Å². The Hall–Kier alpha value is -2.80. The maximum absolute atomic E-state index is 13.3. The number of sulfonamides is 1. The van der Waals surface area contributed by atoms with Crippen molar-refractivity contribution in [1.82, 2.24) is 0 Å². The fourth-order valence-electron chi connectivity index (χ4n) is 4.42. The average Bonchev–Trinajstić information content (AvgIpc) is 3.55. The van der Waals surface area contributed by atoms with E-state index in [-0.39, 0.29) is 49.9 Å². The largest absolute Gasteiger partial charge is 0.488 e. The topological polar surface area (TPSA) is 126 Å². The number of carboxylic acids is 1. The van der Waals surface area contributed by atoms with Crippen molar-refractivity contribution in [2.24, 2.45) is 5.41 Å². The molecule has 5 rings (SSSR count). The van der Waals surface area contributed by atoms with E-state index in [2.05, 4.69) is 4.72 Å². The van der Waals surface area contributed by atoms with Crippen molar-refractivity contribution in [3.8, 4) is 11.8 Å². The Morgan fingerprint density at radius 1 is 1.24 bits per heavy atom. The molecule has 1 spiro atoms. The van der Waals surface area contributed by atoms with Crippen LogP contribution in [-0.4, -0.2) is 38.8 Å². The van der Waals surface area contributed by atoms with Crippen LogP contribution < -0.4 is 9.46 Å². The number of hydrogen-bond donors (Lipinski definition) is 2. The van der Waals surface area contributed by atoms with E-state index in [9.17, 15) is 23.6 Å². The molecule has 2 saturated carbocycles. The number of ether oxygens (including phenoxy) is 2. The summed E-state index contributed by atoms with van der Waals surface area (Å²) in [5, 5.41) is 19.1. The zero-order chi connectivity index (χ0) is 23.4. The summed E-state index contributed by atoms with van der Waals surface area (Å²) in [4.78, 5) is 11.4. The number of nitriles is 1. The number of nitrogens with one attached hydrogen (secondary N) is 1. The van der Waals surface area contributed by atoms with Gasteiger partial charge in [0.25, 0.3) is 10.0 Å². The molecule has 3 aliphatic rings. The summed E-state index contributed by atoms with van der Waals surface area (Å²) in [6.45, 7) is 1.38. The zero-order valence-electron chi connectivity index (χ0n) is 17.5. The fourth-order valence-corrected chi connectivity index (χ4v) is 5.91. The summed E-state index contributed by atoms with van der Waals surface area (Å²) in [6.07, 6.45) is 3.31. The molecule has 2 aliphatic carbocycles. The lowest BCUT2D eigenvalue weighted by Crippen LogP contribution is -2.56. The van der Waals surface area contributed by atoms with Crippen molar-refractivity contribution >= 4 is 33.3 Å². The van der Waals surface area contributed by atoms with Gasteiger partial charge in [0.05, 0.1) is 35.1 Å². The first kappa shape index (κ1) is 22.0. The van der Waals surface area contributed by atoms with Gasteiger partial charge >= 0.3 is 5.97 Å². The Kier molecular flexibility index (Phi) is 5.27. The van der Waals surface area contributed by atoms with Crippen molar-refractivity contribution in [2.45, 2.75) is 42.6 Å². The summed E-state index contributed by atoms with van der Waals surface area (Å²) < 4.78 is 40.4. The van der Waals surface area contributed by atoms with E-state index in [4.69, 9.17) is 21.1 Å². The summed E-state index contributed by atoms with van der Waals surface area (Å²) in [5.74, 6) is -0.911. The number of halogens is 1. The Bertz CT molecular complexity index is 1290. The molecule has 1 aliphatic heterocycles. The minimum absolute atomic E-state index is 0.0370. The molecule has 2 aromatic rings. The molecule has 0 aromatic heterocycles. The van der Waals surface area contributed by atoms with Gasteiger partial charge < -0.3 is 14.6 Å². The Balaban J connectivity index is 1.48. The van der Waals surface area contributed by atoms with E-state index >= 15 is 0 Å². The molecule has 2 aromatic carbocycles. The van der Waals surface area contributed by atoms with Gasteiger partial charge in [0.2, 0.25) is 0 Å². The van der Waals surface area contributed by atoms with Gasteiger partial charge in [0.1, 0.15) is 22.8 Å². The molecule has 3 fully saturated rings. The zero-order valence-corrected chi connectivity index (χ0v) is 19.1. The van der Waals surface area contributed by atoms with Crippen molar-refractivity contribution in [3.63, 3.8) is 0 Å². The second-order valence-corrected chi connectivity index (χ2v) is 11.1. The van der Waals surface area contributed by atoms with Gasteiger partial charge in [-0.05, 0) is 55.4 Å². The third kappa shape index (κ3) is 4.14. The molecule has 1 heterocycles. The third-order valence-electron chi connectivity index (χ3n) is 6.44. The molecule has 2 N–H and O–H groups in total. The molecular weight excluding hydrogens is 468 g/mol. The predicted molar refractivity (Wildman–Crippen MR) is 119 cm³/mol. The molecule has 10 heteroatoms. The Labute approximate surface area is 196 Å². The minimum Gasteiger partial charge on any atom is -0.488 e. The van der Waals surface area contributed by atoms with Crippen LogP contribution in [0.1, 0.15) is 53.1 Å². The van der Waals surface area contributed by atoms with Crippen LogP contribution in [0.5, 0.6) is 5.75 Å². The van der Waals surface area contributed by atoms with Gasteiger partial charge in [0.15, 0.2) is 0 Å². The lowest BCUT2D eigenvalue weighted by Gasteiger charge is -2.52. The van der Waals surface area contributed by atoms with Crippen LogP contribution in [-0.2, 0) is 14.8 Å². The number of nitrogens with zero attached hydrogens (tertiary/aromatic N) is 1. The Morgan fingerprint density at radius 3 is 2.55 bits per heavy atom. The fraction of sp³-hybridized carbons (Fsp3) is 0.391. The van der Waals surface area contributed by atoms with Gasteiger partial charge in [-0.15, -0.1) is 0 Å². The molecule has 0 amide bonds. The number of carbonyl (C=O) groups is 1. The summed E-state index contributed by atoms with van der Waals surface area (Å²) in [6, 6.07) is 9.04. The number of rotatable bonds is 7. The smallest absolute Gasteiger partial charge is 0.337 e. The van der Waals surface area contributed by atoms with Crippen LogP contribution in [0.2, 0.25) is 5.02 Å². The van der Waals surface area contributed by atoms with E-state index in [1.807, 2.05) is 6.07 Å². The highest BCUT2D eigenvalue weighted by Gasteiger charge is 2.51. The second kappa shape index (κ2) is 7.90. The Morgan fingerprint density at radius 2 is 1.97 bits per heavy atom.